The van der Waals surface area contributed by atoms with Crippen LogP contribution in [-0.2, 0) is 30.6 Å². The van der Waals surface area contributed by atoms with Gasteiger partial charge >= 0.3 is 6.18 Å². The Labute approximate surface area is 265 Å². The minimum atomic E-state index is -4.69. The predicted molar refractivity (Wildman–Crippen MR) is 156 cm³/mol. The van der Waals surface area contributed by atoms with Crippen LogP contribution in [-0.4, -0.2) is 56.8 Å². The molecule has 1 aromatic carbocycles. The first-order valence-electron chi connectivity index (χ1n) is 14.4. The molecule has 0 bridgehead atoms. The number of alkyl halides is 5. The Bertz CT molecular complexity index is 1870. The molecule has 16 heteroatoms. The molecule has 0 amide bonds. The maximum Gasteiger partial charge on any atom is 0.427 e. The third kappa shape index (κ3) is 5.33. The third-order valence-electron chi connectivity index (χ3n) is 8.98. The van der Waals surface area contributed by atoms with Gasteiger partial charge in [0.1, 0.15) is 21.7 Å². The molecule has 2 saturated carbocycles. The monoisotopic (exact) mass is 680 g/mol. The lowest BCUT2D eigenvalue weighted by molar-refractivity contribution is -0.134. The van der Waals surface area contributed by atoms with Crippen LogP contribution in [0.15, 0.2) is 59.5 Å². The molecule has 3 aliphatic rings. The summed E-state index contributed by atoms with van der Waals surface area (Å²) in [5.41, 5.74) is 1.10. The average Bonchev–Trinajstić information content (AvgIpc) is 3.75. The summed E-state index contributed by atoms with van der Waals surface area (Å²) < 4.78 is 101. The smallest absolute Gasteiger partial charge is 0.290 e. The van der Waals surface area contributed by atoms with Gasteiger partial charge in [0, 0.05) is 38.2 Å². The fourth-order valence-corrected chi connectivity index (χ4v) is 9.11. The lowest BCUT2D eigenvalue weighted by Crippen LogP contribution is -2.57. The summed E-state index contributed by atoms with van der Waals surface area (Å²) in [4.78, 5) is 17.6. The van der Waals surface area contributed by atoms with Crippen LogP contribution in [0, 0.1) is 11.2 Å². The van der Waals surface area contributed by atoms with Crippen molar-refractivity contribution in [2.45, 2.75) is 67.6 Å². The summed E-state index contributed by atoms with van der Waals surface area (Å²) in [6.07, 6.45) is 1.96. The minimum absolute atomic E-state index is 0.0217. The van der Waals surface area contributed by atoms with E-state index < -0.39 is 69.9 Å². The topological polar surface area (TPSA) is 85.9 Å². The number of halogens is 6. The molecule has 3 aliphatic carbocycles. The second-order valence-electron chi connectivity index (χ2n) is 12.0. The van der Waals surface area contributed by atoms with Gasteiger partial charge in [-0.05, 0) is 61.6 Å². The molecule has 2 fully saturated rings. The number of thiazole rings is 1. The van der Waals surface area contributed by atoms with Crippen molar-refractivity contribution in [3.8, 4) is 5.69 Å². The Morgan fingerprint density at radius 1 is 1.07 bits per heavy atom. The molecule has 3 atom stereocenters. The van der Waals surface area contributed by atoms with Gasteiger partial charge in [0.15, 0.2) is 5.01 Å². The number of aromatic nitrogens is 5. The van der Waals surface area contributed by atoms with E-state index in [0.29, 0.717) is 40.0 Å². The summed E-state index contributed by atoms with van der Waals surface area (Å²) in [6.45, 7) is 0. The number of carbonyl (C=O) groups excluding carboxylic acids is 1. The maximum atomic E-state index is 14.4. The molecular weight excluding hydrogens is 654 g/mol. The maximum absolute atomic E-state index is 14.4. The average molecular weight is 681 g/mol. The third-order valence-corrected chi connectivity index (χ3v) is 11.6. The first kappa shape index (κ1) is 31.0. The molecule has 4 aromatic rings. The highest BCUT2D eigenvalue weighted by molar-refractivity contribution is 7.82. The highest BCUT2D eigenvalue weighted by Gasteiger charge is 2.56. The van der Waals surface area contributed by atoms with E-state index in [1.807, 2.05) is 0 Å². The molecule has 46 heavy (non-hydrogen) atoms. The first-order valence-corrected chi connectivity index (χ1v) is 16.3. The summed E-state index contributed by atoms with van der Waals surface area (Å²) in [5, 5.41) is 8.23. The normalized spacial score (nSPS) is 23.4. The van der Waals surface area contributed by atoms with Crippen LogP contribution in [0.1, 0.15) is 58.0 Å². The van der Waals surface area contributed by atoms with E-state index in [4.69, 9.17) is 0 Å². The van der Waals surface area contributed by atoms with Crippen LogP contribution < -0.4 is 0 Å². The molecule has 0 N–H and O–H groups in total. The number of nitrogens with zero attached hydrogens (tertiary/aromatic N) is 6. The summed E-state index contributed by atoms with van der Waals surface area (Å²) >= 11 is 0.261. The molecule has 3 unspecified atom stereocenters. The van der Waals surface area contributed by atoms with Crippen LogP contribution in [0.2, 0.25) is 0 Å². The largest absolute Gasteiger partial charge is 0.427 e. The molecule has 3 heterocycles. The number of Topliss-reactive ketones (excluding diaryl/α,β-unsaturated/α-hetero) is 1. The number of aryl methyl sites for hydroxylation is 1. The van der Waals surface area contributed by atoms with Gasteiger partial charge in [0.05, 0.1) is 40.3 Å². The number of hydrogen-bond donors (Lipinski definition) is 0. The molecule has 3 aromatic heterocycles. The van der Waals surface area contributed by atoms with Crippen molar-refractivity contribution in [2.24, 2.45) is 12.5 Å². The van der Waals surface area contributed by atoms with E-state index >= 15 is 0 Å². The van der Waals surface area contributed by atoms with Crippen LogP contribution >= 0.6 is 11.3 Å². The molecule has 0 aliphatic heterocycles. The van der Waals surface area contributed by atoms with Gasteiger partial charge in [-0.1, -0.05) is 5.57 Å². The number of hydrogen-bond acceptors (Lipinski definition) is 6. The number of rotatable bonds is 7. The molecule has 0 radical (unpaired) electrons. The lowest BCUT2D eigenvalue weighted by atomic mass is 9.60. The second kappa shape index (κ2) is 11.0. The van der Waals surface area contributed by atoms with Crippen molar-refractivity contribution in [2.75, 3.05) is 0 Å². The first-order chi connectivity index (χ1) is 21.7. The summed E-state index contributed by atoms with van der Waals surface area (Å²) in [6, 6.07) is 4.33. The van der Waals surface area contributed by atoms with Gasteiger partial charge in [-0.2, -0.15) is 23.4 Å². The van der Waals surface area contributed by atoms with Crippen molar-refractivity contribution in [1.29, 1.82) is 0 Å². The SMILES string of the molecule is Cn1cc(S(=O)N(C2CC(F)(F)C2)C2CCC3=Cc4c(cnn4-c4ccc(F)cc4)CC3(C(=O)c3ncc(C(F)(F)F)s3)C2)cn1. The van der Waals surface area contributed by atoms with Crippen molar-refractivity contribution in [3.63, 3.8) is 0 Å². The number of fused-ring (bicyclic) bond motifs is 2. The number of ketones is 1. The molecule has 7 rings (SSSR count). The zero-order chi connectivity index (χ0) is 32.6. The molecule has 0 spiro atoms. The van der Waals surface area contributed by atoms with Gasteiger partial charge in [0.25, 0.3) is 5.92 Å². The standard InChI is InChI=1S/C30H26F6N6O2S2/c1-40-16-23(14-38-40)46(44)42(22-11-29(32,33)12-22)21-5-2-18-8-24-17(13-39-41(24)20-6-3-19(31)4-7-20)9-28(18,10-21)26(43)27-37-15-25(45-27)30(34,35)36/h3-4,6-8,13-16,21-22H,2,5,9-12H2,1H3. The number of benzene rings is 1. The summed E-state index contributed by atoms with van der Waals surface area (Å²) in [5.74, 6) is -3.96. The molecule has 8 nitrogen and oxygen atoms in total. The van der Waals surface area contributed by atoms with E-state index in [2.05, 4.69) is 15.2 Å². The summed E-state index contributed by atoms with van der Waals surface area (Å²) in [7, 11) is -0.255. The van der Waals surface area contributed by atoms with E-state index in [9.17, 15) is 35.3 Å². The van der Waals surface area contributed by atoms with E-state index in [0.717, 1.165) is 0 Å². The van der Waals surface area contributed by atoms with Crippen LogP contribution in [0.25, 0.3) is 11.8 Å². The lowest BCUT2D eigenvalue weighted by Gasteiger charge is -2.50. The fraction of sp³-hybridized carbons (Fsp3) is 0.400. The Balaban J connectivity index is 1.31. The van der Waals surface area contributed by atoms with E-state index in [1.54, 1.807) is 46.6 Å². The zero-order valence-corrected chi connectivity index (χ0v) is 25.8. The van der Waals surface area contributed by atoms with Crippen molar-refractivity contribution >= 4 is 34.2 Å². The number of allylic oxidation sites excluding steroid dienone is 1. The quantitative estimate of drug-likeness (QED) is 0.167. The highest BCUT2D eigenvalue weighted by atomic mass is 32.2. The van der Waals surface area contributed by atoms with Gasteiger partial charge in [-0.3, -0.25) is 9.48 Å². The van der Waals surface area contributed by atoms with E-state index in [-0.39, 0.29) is 35.6 Å². The van der Waals surface area contributed by atoms with Gasteiger partial charge in [0.2, 0.25) is 5.78 Å². The van der Waals surface area contributed by atoms with E-state index in [1.165, 1.54) is 23.0 Å². The van der Waals surface area contributed by atoms with Crippen molar-refractivity contribution < 1.29 is 35.3 Å². The van der Waals surface area contributed by atoms with Crippen molar-refractivity contribution in [3.05, 3.63) is 81.6 Å². The van der Waals surface area contributed by atoms with Crippen molar-refractivity contribution in [1.82, 2.24) is 28.9 Å². The highest BCUT2D eigenvalue weighted by Crippen LogP contribution is 2.53. The predicted octanol–water partition coefficient (Wildman–Crippen LogP) is 6.40. The zero-order valence-electron chi connectivity index (χ0n) is 24.2. The molecular formula is C30H26F6N6O2S2. The Morgan fingerprint density at radius 2 is 1.80 bits per heavy atom. The van der Waals surface area contributed by atoms with Gasteiger partial charge < -0.3 is 0 Å². The van der Waals surface area contributed by atoms with Crippen LogP contribution in [0.5, 0.6) is 0 Å². The van der Waals surface area contributed by atoms with Gasteiger partial charge in [-0.25, -0.2) is 31.4 Å². The molecule has 0 saturated heterocycles. The Morgan fingerprint density at radius 3 is 2.43 bits per heavy atom. The van der Waals surface area contributed by atoms with Gasteiger partial charge in [-0.15, -0.1) is 11.3 Å². The number of carbonyl (C=O) groups is 1. The second-order valence-corrected chi connectivity index (χ2v) is 14.4. The van der Waals surface area contributed by atoms with Crippen LogP contribution in [0.3, 0.4) is 0 Å². The fourth-order valence-electron chi connectivity index (χ4n) is 6.79. The van der Waals surface area contributed by atoms with Crippen LogP contribution in [0.4, 0.5) is 26.3 Å². The Hall–Kier alpha value is -3.63. The minimum Gasteiger partial charge on any atom is -0.290 e. The molecule has 242 valence electrons. The Kier molecular flexibility index (Phi) is 7.40.